The van der Waals surface area contributed by atoms with Crippen molar-refractivity contribution in [2.24, 2.45) is 11.8 Å². The molecule has 0 saturated carbocycles. The lowest BCUT2D eigenvalue weighted by Crippen LogP contribution is -2.41. The Hall–Kier alpha value is -2.43. The molecule has 5 heteroatoms. The molecule has 1 aliphatic heterocycles. The van der Waals surface area contributed by atoms with Crippen LogP contribution < -0.4 is 5.32 Å². The van der Waals surface area contributed by atoms with Gasteiger partial charge in [0.25, 0.3) is 0 Å². The highest BCUT2D eigenvalue weighted by Gasteiger charge is 2.47. The minimum absolute atomic E-state index is 0.170. The number of nitrogens with zero attached hydrogens (tertiary/aromatic N) is 1. The van der Waals surface area contributed by atoms with E-state index < -0.39 is 0 Å². The number of benzene rings is 1. The second-order valence-corrected chi connectivity index (χ2v) is 7.41. The molecule has 1 saturated heterocycles. The summed E-state index contributed by atoms with van der Waals surface area (Å²) >= 11 is 0. The van der Waals surface area contributed by atoms with Crippen molar-refractivity contribution in [2.75, 3.05) is 13.1 Å². The lowest BCUT2D eigenvalue weighted by molar-refractivity contribution is -0.143. The molecule has 1 aliphatic carbocycles. The topological polar surface area (TPSA) is 66.5 Å². The predicted molar refractivity (Wildman–Crippen MR) is 99.3 cm³/mol. The van der Waals surface area contributed by atoms with Crippen LogP contribution in [0.2, 0.25) is 0 Å². The van der Waals surface area contributed by atoms with E-state index >= 15 is 0 Å². The Morgan fingerprint density at radius 2 is 1.65 bits per heavy atom. The third kappa shape index (κ3) is 3.87. The van der Waals surface area contributed by atoms with Gasteiger partial charge in [-0.15, -0.1) is 0 Å². The van der Waals surface area contributed by atoms with Gasteiger partial charge < -0.3 is 5.32 Å². The van der Waals surface area contributed by atoms with Crippen LogP contribution in [-0.2, 0) is 20.8 Å². The Bertz CT molecular complexity index is 695. The van der Waals surface area contributed by atoms with Crippen molar-refractivity contribution in [1.29, 1.82) is 0 Å². The maximum Gasteiger partial charge on any atom is 0.240 e. The quantitative estimate of drug-likeness (QED) is 0.630. The molecule has 1 N–H and O–H groups in total. The van der Waals surface area contributed by atoms with Crippen molar-refractivity contribution < 1.29 is 14.4 Å². The molecular formula is C21H26N2O3. The molecule has 0 radical (unpaired) electrons. The van der Waals surface area contributed by atoms with E-state index in [1.54, 1.807) is 0 Å². The summed E-state index contributed by atoms with van der Waals surface area (Å²) in [5.74, 6) is -0.748. The molecule has 3 amide bonds. The van der Waals surface area contributed by atoms with Crippen LogP contribution in [0.1, 0.15) is 43.7 Å². The number of amides is 3. The Balaban J connectivity index is 1.47. The summed E-state index contributed by atoms with van der Waals surface area (Å²) in [5, 5.41) is 2.82. The summed E-state index contributed by atoms with van der Waals surface area (Å²) in [6, 6.07) is 8.37. The highest BCUT2D eigenvalue weighted by molar-refractivity contribution is 6.07. The molecule has 1 aromatic rings. The minimum Gasteiger partial charge on any atom is -0.354 e. The Morgan fingerprint density at radius 1 is 1.08 bits per heavy atom. The average Bonchev–Trinajstić information content (AvgIpc) is 2.87. The third-order valence-corrected chi connectivity index (χ3v) is 5.28. The molecule has 1 fully saturated rings. The Labute approximate surface area is 154 Å². The molecule has 0 aromatic heterocycles. The van der Waals surface area contributed by atoms with E-state index in [-0.39, 0.29) is 36.1 Å². The van der Waals surface area contributed by atoms with Gasteiger partial charge in [-0.3, -0.25) is 19.3 Å². The number of nitrogens with one attached hydrogen (secondary N) is 1. The highest BCUT2D eigenvalue weighted by Crippen LogP contribution is 2.34. The van der Waals surface area contributed by atoms with Crippen LogP contribution in [-0.4, -0.2) is 35.7 Å². The smallest absolute Gasteiger partial charge is 0.240 e. The number of hydrogen-bond acceptors (Lipinski definition) is 3. The monoisotopic (exact) mass is 354 g/mol. The summed E-state index contributed by atoms with van der Waals surface area (Å²) in [6.45, 7) is 4.63. The summed E-state index contributed by atoms with van der Waals surface area (Å²) in [7, 11) is 0. The number of rotatable bonds is 6. The maximum atomic E-state index is 12.4. The molecule has 1 heterocycles. The SMILES string of the molecule is CC(C)c1ccc(CCNC(=O)CN2C(=O)[C@@H]3CC=CC[C@H]3C2=O)cc1. The number of hydrogen-bond donors (Lipinski definition) is 1. The third-order valence-electron chi connectivity index (χ3n) is 5.28. The zero-order valence-corrected chi connectivity index (χ0v) is 15.4. The molecule has 0 unspecified atom stereocenters. The lowest BCUT2D eigenvalue weighted by Gasteiger charge is -2.14. The van der Waals surface area contributed by atoms with Crippen molar-refractivity contribution >= 4 is 17.7 Å². The molecule has 26 heavy (non-hydrogen) atoms. The van der Waals surface area contributed by atoms with Crippen molar-refractivity contribution in [3.8, 4) is 0 Å². The van der Waals surface area contributed by atoms with Gasteiger partial charge in [-0.05, 0) is 36.3 Å². The number of imide groups is 1. The van der Waals surface area contributed by atoms with Gasteiger partial charge in [0, 0.05) is 6.54 Å². The van der Waals surface area contributed by atoms with E-state index in [4.69, 9.17) is 0 Å². The Kier molecular flexibility index (Phi) is 5.55. The zero-order valence-electron chi connectivity index (χ0n) is 15.4. The summed E-state index contributed by atoms with van der Waals surface area (Å²) in [6.07, 6.45) is 5.81. The first-order valence-electron chi connectivity index (χ1n) is 9.33. The molecule has 0 spiro atoms. The van der Waals surface area contributed by atoms with Gasteiger partial charge >= 0.3 is 0 Å². The fraction of sp³-hybridized carbons (Fsp3) is 0.476. The number of carbonyl (C=O) groups excluding carboxylic acids is 3. The Morgan fingerprint density at radius 3 is 2.19 bits per heavy atom. The molecule has 2 atom stereocenters. The normalized spacial score (nSPS) is 22.0. The van der Waals surface area contributed by atoms with Crippen LogP contribution in [0.3, 0.4) is 0 Å². The van der Waals surface area contributed by atoms with Gasteiger partial charge in [-0.1, -0.05) is 50.3 Å². The second-order valence-electron chi connectivity index (χ2n) is 7.41. The van der Waals surface area contributed by atoms with Crippen molar-refractivity contribution in [2.45, 2.75) is 39.0 Å². The average molecular weight is 354 g/mol. The van der Waals surface area contributed by atoms with E-state index in [9.17, 15) is 14.4 Å². The molecule has 5 nitrogen and oxygen atoms in total. The molecule has 1 aromatic carbocycles. The fourth-order valence-electron chi connectivity index (χ4n) is 3.64. The van der Waals surface area contributed by atoms with E-state index in [1.165, 1.54) is 5.56 Å². The lowest BCUT2D eigenvalue weighted by atomic mass is 9.85. The van der Waals surface area contributed by atoms with E-state index in [0.29, 0.717) is 25.3 Å². The van der Waals surface area contributed by atoms with Gasteiger partial charge in [-0.25, -0.2) is 0 Å². The van der Waals surface area contributed by atoms with Gasteiger partial charge in [0.15, 0.2) is 0 Å². The molecule has 138 valence electrons. The minimum atomic E-state index is -0.280. The van der Waals surface area contributed by atoms with Crippen molar-refractivity contribution in [3.63, 3.8) is 0 Å². The van der Waals surface area contributed by atoms with Crippen LogP contribution in [0.5, 0.6) is 0 Å². The number of carbonyl (C=O) groups is 3. The van der Waals surface area contributed by atoms with Crippen molar-refractivity contribution in [1.82, 2.24) is 10.2 Å². The van der Waals surface area contributed by atoms with Gasteiger partial charge in [-0.2, -0.15) is 0 Å². The van der Waals surface area contributed by atoms with Crippen molar-refractivity contribution in [3.05, 3.63) is 47.5 Å². The summed E-state index contributed by atoms with van der Waals surface area (Å²) in [4.78, 5) is 38.0. The first kappa shape index (κ1) is 18.4. The number of likely N-dealkylation sites (tertiary alicyclic amines) is 1. The molecule has 2 aliphatic rings. The molecule has 0 bridgehead atoms. The first-order chi connectivity index (χ1) is 12.5. The largest absolute Gasteiger partial charge is 0.354 e. The maximum absolute atomic E-state index is 12.4. The van der Waals surface area contributed by atoms with Crippen LogP contribution in [0.4, 0.5) is 0 Å². The molecule has 3 rings (SSSR count). The van der Waals surface area contributed by atoms with Crippen LogP contribution >= 0.6 is 0 Å². The van der Waals surface area contributed by atoms with Crippen LogP contribution in [0, 0.1) is 11.8 Å². The highest BCUT2D eigenvalue weighted by atomic mass is 16.2. The number of fused-ring (bicyclic) bond motifs is 1. The van der Waals surface area contributed by atoms with Gasteiger partial charge in [0.2, 0.25) is 17.7 Å². The van der Waals surface area contributed by atoms with E-state index in [2.05, 4.69) is 43.4 Å². The standard InChI is InChI=1S/C21H26N2O3/c1-14(2)16-9-7-15(8-10-16)11-12-22-19(24)13-23-20(25)17-5-3-4-6-18(17)21(23)26/h3-4,7-10,14,17-18H,5-6,11-13H2,1-2H3,(H,22,24)/t17-,18-/m1/s1. The fourth-order valence-corrected chi connectivity index (χ4v) is 3.64. The first-order valence-corrected chi connectivity index (χ1v) is 9.33. The summed E-state index contributed by atoms with van der Waals surface area (Å²) < 4.78 is 0. The van der Waals surface area contributed by atoms with Gasteiger partial charge in [0.05, 0.1) is 11.8 Å². The predicted octanol–water partition coefficient (Wildman–Crippen LogP) is 2.42. The van der Waals surface area contributed by atoms with Crippen LogP contribution in [0.25, 0.3) is 0 Å². The van der Waals surface area contributed by atoms with Crippen LogP contribution in [0.15, 0.2) is 36.4 Å². The zero-order chi connectivity index (χ0) is 18.7. The van der Waals surface area contributed by atoms with Gasteiger partial charge in [0.1, 0.15) is 6.54 Å². The molecular weight excluding hydrogens is 328 g/mol. The van der Waals surface area contributed by atoms with E-state index in [1.807, 2.05) is 12.2 Å². The number of allylic oxidation sites excluding steroid dienone is 2. The summed E-state index contributed by atoms with van der Waals surface area (Å²) in [5.41, 5.74) is 2.44. The second kappa shape index (κ2) is 7.85. The van der Waals surface area contributed by atoms with E-state index in [0.717, 1.165) is 16.9 Å².